The lowest BCUT2D eigenvalue weighted by Gasteiger charge is -1.99. The molecular weight excluding hydrogens is 188 g/mol. The van der Waals surface area contributed by atoms with E-state index < -0.39 is 0 Å². The predicted molar refractivity (Wildman–Crippen MR) is 58.9 cm³/mol. The molecule has 0 amide bonds. The minimum absolute atomic E-state index is 0.126. The van der Waals surface area contributed by atoms with Gasteiger partial charge in [-0.3, -0.25) is 4.79 Å². The Morgan fingerprint density at radius 3 is 2.60 bits per heavy atom. The van der Waals surface area contributed by atoms with Crippen LogP contribution >= 0.6 is 0 Å². The van der Waals surface area contributed by atoms with E-state index in [1.54, 1.807) is 0 Å². The van der Waals surface area contributed by atoms with Crippen LogP contribution in [0.15, 0.2) is 30.3 Å². The third-order valence-electron chi connectivity index (χ3n) is 2.60. The number of hydrogen-bond acceptors (Lipinski definition) is 2. The largest absolute Gasteiger partial charge is 0.361 e. The van der Waals surface area contributed by atoms with Gasteiger partial charge in [0.25, 0.3) is 0 Å². The molecule has 2 heteroatoms. The second-order valence-electron chi connectivity index (χ2n) is 4.45. The molecule has 2 rings (SSSR count). The van der Waals surface area contributed by atoms with Crippen molar-refractivity contribution in [1.82, 2.24) is 0 Å². The van der Waals surface area contributed by atoms with E-state index in [-0.39, 0.29) is 18.0 Å². The number of epoxide rings is 1. The fourth-order valence-electron chi connectivity index (χ4n) is 1.78. The molecule has 0 spiro atoms. The zero-order chi connectivity index (χ0) is 10.8. The highest BCUT2D eigenvalue weighted by Gasteiger charge is 2.44. The summed E-state index contributed by atoms with van der Waals surface area (Å²) in [5.74, 6) is 0.713. The molecule has 0 aliphatic carbocycles. The summed E-state index contributed by atoms with van der Waals surface area (Å²) in [4.78, 5) is 11.9. The highest BCUT2D eigenvalue weighted by molar-refractivity contribution is 6.01. The average molecular weight is 204 g/mol. The van der Waals surface area contributed by atoms with Gasteiger partial charge in [0.2, 0.25) is 0 Å². The summed E-state index contributed by atoms with van der Waals surface area (Å²) in [6.45, 7) is 4.29. The molecule has 0 bridgehead atoms. The van der Waals surface area contributed by atoms with Gasteiger partial charge >= 0.3 is 0 Å². The summed E-state index contributed by atoms with van der Waals surface area (Å²) in [6, 6.07) is 9.36. The van der Waals surface area contributed by atoms with E-state index in [0.717, 1.165) is 12.0 Å². The quantitative estimate of drug-likeness (QED) is 0.557. The van der Waals surface area contributed by atoms with Crippen molar-refractivity contribution in [1.29, 1.82) is 0 Å². The predicted octanol–water partition coefficient (Wildman–Crippen LogP) is 2.68. The minimum Gasteiger partial charge on any atom is -0.361 e. The third-order valence-corrected chi connectivity index (χ3v) is 2.60. The Morgan fingerprint density at radius 2 is 2.00 bits per heavy atom. The zero-order valence-electron chi connectivity index (χ0n) is 9.14. The topological polar surface area (TPSA) is 29.6 Å². The molecule has 80 valence electrons. The molecule has 1 saturated heterocycles. The van der Waals surface area contributed by atoms with Crippen molar-refractivity contribution in [3.63, 3.8) is 0 Å². The Bertz CT molecular complexity index is 343. The SMILES string of the molecule is CC(C)CC1OC1C(=O)c1ccccc1. The van der Waals surface area contributed by atoms with Crippen LogP contribution in [0, 0.1) is 5.92 Å². The number of hydrogen-bond donors (Lipinski definition) is 0. The van der Waals surface area contributed by atoms with Crippen molar-refractivity contribution in [3.05, 3.63) is 35.9 Å². The second-order valence-corrected chi connectivity index (χ2v) is 4.45. The summed E-state index contributed by atoms with van der Waals surface area (Å²) in [5.41, 5.74) is 0.758. The van der Waals surface area contributed by atoms with E-state index in [4.69, 9.17) is 4.74 Å². The molecular formula is C13H16O2. The number of carbonyl (C=O) groups excluding carboxylic acids is 1. The van der Waals surface area contributed by atoms with Gasteiger partial charge < -0.3 is 4.74 Å². The Labute approximate surface area is 90.3 Å². The molecule has 0 N–H and O–H groups in total. The van der Waals surface area contributed by atoms with Crippen LogP contribution in [0.3, 0.4) is 0 Å². The molecule has 0 aromatic heterocycles. The first-order chi connectivity index (χ1) is 7.18. The number of ether oxygens (including phenoxy) is 1. The second kappa shape index (κ2) is 4.15. The first-order valence-electron chi connectivity index (χ1n) is 5.43. The van der Waals surface area contributed by atoms with E-state index in [1.807, 2.05) is 30.3 Å². The van der Waals surface area contributed by atoms with Crippen LogP contribution in [0.1, 0.15) is 30.6 Å². The molecule has 1 aromatic rings. The molecule has 1 fully saturated rings. The van der Waals surface area contributed by atoms with Gasteiger partial charge in [-0.1, -0.05) is 44.2 Å². The molecule has 1 heterocycles. The maximum atomic E-state index is 11.9. The Balaban J connectivity index is 1.95. The van der Waals surface area contributed by atoms with E-state index in [2.05, 4.69) is 13.8 Å². The highest BCUT2D eigenvalue weighted by Crippen LogP contribution is 2.31. The van der Waals surface area contributed by atoms with Gasteiger partial charge in [-0.25, -0.2) is 0 Å². The van der Waals surface area contributed by atoms with Crippen molar-refractivity contribution in [2.24, 2.45) is 5.92 Å². The van der Waals surface area contributed by atoms with Crippen LogP contribution in [0.4, 0.5) is 0 Å². The molecule has 2 atom stereocenters. The molecule has 1 aromatic carbocycles. The van der Waals surface area contributed by atoms with Crippen LogP contribution in [-0.4, -0.2) is 18.0 Å². The molecule has 1 aliphatic heterocycles. The van der Waals surface area contributed by atoms with Gasteiger partial charge in [0.1, 0.15) is 6.10 Å². The van der Waals surface area contributed by atoms with Crippen molar-refractivity contribution in [2.75, 3.05) is 0 Å². The maximum absolute atomic E-state index is 11.9. The molecule has 15 heavy (non-hydrogen) atoms. The van der Waals surface area contributed by atoms with Gasteiger partial charge in [0, 0.05) is 5.56 Å². The summed E-state index contributed by atoms with van der Waals surface area (Å²) in [5, 5.41) is 0. The minimum atomic E-state index is -0.185. The molecule has 1 aliphatic rings. The van der Waals surface area contributed by atoms with Crippen molar-refractivity contribution < 1.29 is 9.53 Å². The number of ketones is 1. The summed E-state index contributed by atoms with van der Waals surface area (Å²) in [6.07, 6.45) is 0.941. The molecule has 2 nitrogen and oxygen atoms in total. The van der Waals surface area contributed by atoms with Gasteiger partial charge in [0.05, 0.1) is 6.10 Å². The van der Waals surface area contributed by atoms with Gasteiger partial charge in [-0.2, -0.15) is 0 Å². The third kappa shape index (κ3) is 2.45. The van der Waals surface area contributed by atoms with Gasteiger partial charge in [-0.15, -0.1) is 0 Å². The fraction of sp³-hybridized carbons (Fsp3) is 0.462. The van der Waals surface area contributed by atoms with E-state index in [9.17, 15) is 4.79 Å². The van der Waals surface area contributed by atoms with Crippen molar-refractivity contribution >= 4 is 5.78 Å². The lowest BCUT2D eigenvalue weighted by atomic mass is 10.0. The van der Waals surface area contributed by atoms with Gasteiger partial charge in [0.15, 0.2) is 5.78 Å². The highest BCUT2D eigenvalue weighted by atomic mass is 16.6. The van der Waals surface area contributed by atoms with E-state index in [1.165, 1.54) is 0 Å². The normalized spacial score (nSPS) is 24.2. The van der Waals surface area contributed by atoms with Crippen LogP contribution in [0.25, 0.3) is 0 Å². The van der Waals surface area contributed by atoms with Crippen LogP contribution in [0.5, 0.6) is 0 Å². The van der Waals surface area contributed by atoms with Gasteiger partial charge in [-0.05, 0) is 12.3 Å². The Morgan fingerprint density at radius 1 is 1.33 bits per heavy atom. The summed E-state index contributed by atoms with van der Waals surface area (Å²) < 4.78 is 5.39. The molecule has 0 saturated carbocycles. The lowest BCUT2D eigenvalue weighted by molar-refractivity contribution is 0.0953. The van der Waals surface area contributed by atoms with E-state index in [0.29, 0.717) is 5.92 Å². The number of carbonyl (C=O) groups is 1. The molecule has 0 radical (unpaired) electrons. The number of Topliss-reactive ketones (excluding diaryl/α,β-unsaturated/α-hetero) is 1. The first kappa shape index (κ1) is 10.4. The Hall–Kier alpha value is -1.15. The zero-order valence-corrected chi connectivity index (χ0v) is 9.14. The average Bonchev–Trinajstić information content (AvgIpc) is 2.96. The van der Waals surface area contributed by atoms with E-state index >= 15 is 0 Å². The van der Waals surface area contributed by atoms with Crippen LogP contribution in [-0.2, 0) is 4.74 Å². The van der Waals surface area contributed by atoms with Crippen molar-refractivity contribution in [3.8, 4) is 0 Å². The fourth-order valence-corrected chi connectivity index (χ4v) is 1.78. The van der Waals surface area contributed by atoms with Crippen LogP contribution in [0.2, 0.25) is 0 Å². The molecule has 2 unspecified atom stereocenters. The Kier molecular flexibility index (Phi) is 2.87. The summed E-state index contributed by atoms with van der Waals surface area (Å²) >= 11 is 0. The monoisotopic (exact) mass is 204 g/mol. The standard InChI is InChI=1S/C13H16O2/c1-9(2)8-11-13(15-11)12(14)10-6-4-3-5-7-10/h3-7,9,11,13H,8H2,1-2H3. The number of rotatable bonds is 4. The van der Waals surface area contributed by atoms with Crippen molar-refractivity contribution in [2.45, 2.75) is 32.5 Å². The smallest absolute Gasteiger partial charge is 0.194 e. The lowest BCUT2D eigenvalue weighted by Crippen LogP contribution is -2.11. The first-order valence-corrected chi connectivity index (χ1v) is 5.43. The summed E-state index contributed by atoms with van der Waals surface area (Å²) in [7, 11) is 0. The maximum Gasteiger partial charge on any atom is 0.194 e. The number of benzene rings is 1. The van der Waals surface area contributed by atoms with Crippen LogP contribution < -0.4 is 0 Å².